The third-order valence-electron chi connectivity index (χ3n) is 6.17. The number of anilines is 3. The zero-order valence-electron chi connectivity index (χ0n) is 20.3. The molecule has 0 aliphatic carbocycles. The van der Waals surface area contributed by atoms with Crippen LogP contribution < -0.4 is 10.0 Å². The van der Waals surface area contributed by atoms with Crippen molar-refractivity contribution in [1.82, 2.24) is 24.5 Å². The zero-order chi connectivity index (χ0) is 27.1. The molecule has 12 heteroatoms. The molecule has 194 valence electrons. The molecule has 0 unspecified atom stereocenters. The van der Waals surface area contributed by atoms with Crippen LogP contribution in [0.4, 0.5) is 21.6 Å². The number of aromatic nitrogens is 5. The van der Waals surface area contributed by atoms with E-state index in [1.807, 2.05) is 28.8 Å². The first-order valence-corrected chi connectivity index (χ1v) is 13.6. The first-order chi connectivity index (χ1) is 18.8. The molecule has 0 fully saturated rings. The first kappa shape index (κ1) is 24.7. The van der Waals surface area contributed by atoms with Crippen molar-refractivity contribution in [2.45, 2.75) is 11.8 Å². The van der Waals surface area contributed by atoms with Crippen molar-refractivity contribution >= 4 is 60.9 Å². The van der Waals surface area contributed by atoms with E-state index in [-0.39, 0.29) is 22.1 Å². The Morgan fingerprint density at radius 1 is 0.872 bits per heavy atom. The Kier molecular flexibility index (Phi) is 6.09. The lowest BCUT2D eigenvalue weighted by atomic mass is 10.2. The van der Waals surface area contributed by atoms with E-state index in [4.69, 9.17) is 16.6 Å². The van der Waals surface area contributed by atoms with Crippen LogP contribution in [0.25, 0.3) is 27.9 Å². The molecule has 0 saturated heterocycles. The lowest BCUT2D eigenvalue weighted by Crippen LogP contribution is -2.15. The van der Waals surface area contributed by atoms with Gasteiger partial charge in [0.2, 0.25) is 0 Å². The highest BCUT2D eigenvalue weighted by atomic mass is 35.5. The van der Waals surface area contributed by atoms with Crippen LogP contribution in [0.1, 0.15) is 5.56 Å². The molecule has 6 rings (SSSR count). The summed E-state index contributed by atoms with van der Waals surface area (Å²) in [6.07, 6.45) is 3.01. The summed E-state index contributed by atoms with van der Waals surface area (Å²) in [4.78, 5) is 17.6. The van der Waals surface area contributed by atoms with Crippen molar-refractivity contribution in [3.63, 3.8) is 0 Å². The standard InChI is InChI=1S/C27H19ClFN7O2S/c1-16-17(28)6-4-11-23(16)39(37,38)35-20-9-5-8-19(25(20)29)33-27-26-21(30-14-31-27)12-13-24(34-26)36-15-32-18-7-2-3-10-22(18)36/h2-15,35H,1H3,(H,30,31,33). The summed E-state index contributed by atoms with van der Waals surface area (Å²) >= 11 is 6.09. The van der Waals surface area contributed by atoms with Gasteiger partial charge in [-0.15, -0.1) is 0 Å². The fourth-order valence-corrected chi connectivity index (χ4v) is 5.77. The van der Waals surface area contributed by atoms with E-state index in [9.17, 15) is 8.42 Å². The summed E-state index contributed by atoms with van der Waals surface area (Å²) in [7, 11) is -4.11. The van der Waals surface area contributed by atoms with Crippen LogP contribution in [0.15, 0.2) is 90.3 Å². The monoisotopic (exact) mass is 559 g/mol. The van der Waals surface area contributed by atoms with E-state index < -0.39 is 15.8 Å². The average molecular weight is 560 g/mol. The molecular weight excluding hydrogens is 541 g/mol. The minimum absolute atomic E-state index is 0.00157. The van der Waals surface area contributed by atoms with Gasteiger partial charge in [-0.05, 0) is 61.0 Å². The molecule has 6 aromatic rings. The number of para-hydroxylation sites is 2. The minimum Gasteiger partial charge on any atom is -0.336 e. The predicted octanol–water partition coefficient (Wildman–Crippen LogP) is 6.01. The molecule has 0 amide bonds. The Bertz CT molecular complexity index is 2000. The van der Waals surface area contributed by atoms with Crippen molar-refractivity contribution in [1.29, 1.82) is 0 Å². The number of benzene rings is 3. The SMILES string of the molecule is Cc1c(Cl)cccc1S(=O)(=O)Nc1cccc(Nc2ncnc3ccc(-n4cnc5ccccc54)nc23)c1F. The van der Waals surface area contributed by atoms with Crippen molar-refractivity contribution < 1.29 is 12.8 Å². The summed E-state index contributed by atoms with van der Waals surface area (Å²) in [6, 6.07) is 20.1. The molecule has 3 aromatic carbocycles. The molecule has 0 aliphatic heterocycles. The fraction of sp³-hybridized carbons (Fsp3) is 0.0370. The average Bonchev–Trinajstić information content (AvgIpc) is 3.36. The van der Waals surface area contributed by atoms with Crippen LogP contribution in [-0.2, 0) is 10.0 Å². The van der Waals surface area contributed by atoms with Gasteiger partial charge in [0.25, 0.3) is 10.0 Å². The molecule has 0 spiro atoms. The molecule has 2 N–H and O–H groups in total. The molecule has 9 nitrogen and oxygen atoms in total. The quantitative estimate of drug-likeness (QED) is 0.257. The maximum absolute atomic E-state index is 15.6. The second-order valence-corrected chi connectivity index (χ2v) is 10.7. The maximum atomic E-state index is 15.6. The molecule has 0 aliphatic rings. The van der Waals surface area contributed by atoms with E-state index >= 15 is 4.39 Å². The third-order valence-corrected chi connectivity index (χ3v) is 8.09. The Morgan fingerprint density at radius 2 is 1.67 bits per heavy atom. The molecule has 0 saturated carbocycles. The van der Waals surface area contributed by atoms with Crippen molar-refractivity contribution in [2.75, 3.05) is 10.0 Å². The summed E-state index contributed by atoms with van der Waals surface area (Å²) in [5, 5.41) is 3.23. The number of halogens is 2. The smallest absolute Gasteiger partial charge is 0.262 e. The molecule has 39 heavy (non-hydrogen) atoms. The zero-order valence-corrected chi connectivity index (χ0v) is 21.9. The number of fused-ring (bicyclic) bond motifs is 2. The van der Waals surface area contributed by atoms with Gasteiger partial charge in [-0.3, -0.25) is 9.29 Å². The van der Waals surface area contributed by atoms with Gasteiger partial charge in [0, 0.05) is 5.02 Å². The molecule has 0 bridgehead atoms. The van der Waals surface area contributed by atoms with E-state index in [0.29, 0.717) is 27.4 Å². The Labute approximate surface area is 227 Å². The molecule has 0 atom stereocenters. The highest BCUT2D eigenvalue weighted by Crippen LogP contribution is 2.31. The Balaban J connectivity index is 1.36. The van der Waals surface area contributed by atoms with Crippen LogP contribution in [0.5, 0.6) is 0 Å². The summed E-state index contributed by atoms with van der Waals surface area (Å²) in [5.41, 5.74) is 2.74. The van der Waals surface area contributed by atoms with Crippen molar-refractivity contribution in [2.24, 2.45) is 0 Å². The number of nitrogens with one attached hydrogen (secondary N) is 2. The number of imidazole rings is 1. The predicted molar refractivity (Wildman–Crippen MR) is 149 cm³/mol. The van der Waals surface area contributed by atoms with Crippen LogP contribution >= 0.6 is 11.6 Å². The number of hydrogen-bond donors (Lipinski definition) is 2. The second kappa shape index (κ2) is 9.61. The molecular formula is C27H19ClFN7O2S. The van der Waals surface area contributed by atoms with Gasteiger partial charge >= 0.3 is 0 Å². The van der Waals surface area contributed by atoms with Gasteiger partial charge in [-0.1, -0.05) is 35.9 Å². The van der Waals surface area contributed by atoms with Crippen molar-refractivity contribution in [3.8, 4) is 5.82 Å². The second-order valence-electron chi connectivity index (χ2n) is 8.62. The lowest BCUT2D eigenvalue weighted by molar-refractivity contribution is 0.598. The third kappa shape index (κ3) is 4.51. The van der Waals surface area contributed by atoms with E-state index in [1.165, 1.54) is 36.7 Å². The fourth-order valence-electron chi connectivity index (χ4n) is 4.21. The van der Waals surface area contributed by atoms with Gasteiger partial charge in [0.1, 0.15) is 24.0 Å². The van der Waals surface area contributed by atoms with Crippen molar-refractivity contribution in [3.05, 3.63) is 102 Å². The number of nitrogens with zero attached hydrogens (tertiary/aromatic N) is 5. The van der Waals surface area contributed by atoms with Crippen LogP contribution in [0.2, 0.25) is 5.02 Å². The van der Waals surface area contributed by atoms with Gasteiger partial charge in [-0.2, -0.15) is 0 Å². The number of rotatable bonds is 6. The molecule has 3 aromatic heterocycles. The first-order valence-electron chi connectivity index (χ1n) is 11.7. The number of pyridine rings is 1. The van der Waals surface area contributed by atoms with E-state index in [1.54, 1.807) is 31.5 Å². The summed E-state index contributed by atoms with van der Waals surface area (Å²) in [6.45, 7) is 1.58. The topological polar surface area (TPSA) is 115 Å². The summed E-state index contributed by atoms with van der Waals surface area (Å²) in [5.74, 6) is 0.00747. The van der Waals surface area contributed by atoms with Crippen LogP contribution in [0, 0.1) is 12.7 Å². The van der Waals surface area contributed by atoms with Gasteiger partial charge < -0.3 is 5.32 Å². The number of sulfonamides is 1. The van der Waals surface area contributed by atoms with E-state index in [2.05, 4.69) is 25.0 Å². The summed E-state index contributed by atoms with van der Waals surface area (Å²) < 4.78 is 45.8. The van der Waals surface area contributed by atoms with Crippen LogP contribution in [0.3, 0.4) is 0 Å². The molecule has 0 radical (unpaired) electrons. The minimum atomic E-state index is -4.11. The van der Waals surface area contributed by atoms with E-state index in [0.717, 1.165) is 11.0 Å². The molecule has 3 heterocycles. The highest BCUT2D eigenvalue weighted by molar-refractivity contribution is 7.92. The number of hydrogen-bond acceptors (Lipinski definition) is 7. The van der Waals surface area contributed by atoms with Crippen LogP contribution in [-0.4, -0.2) is 32.9 Å². The normalized spacial score (nSPS) is 11.7. The van der Waals surface area contributed by atoms with Gasteiger partial charge in [0.15, 0.2) is 11.6 Å². The highest BCUT2D eigenvalue weighted by Gasteiger charge is 2.21. The van der Waals surface area contributed by atoms with Gasteiger partial charge in [-0.25, -0.2) is 32.7 Å². The Hall–Kier alpha value is -4.61. The lowest BCUT2D eigenvalue weighted by Gasteiger charge is -2.14. The maximum Gasteiger partial charge on any atom is 0.262 e. The Morgan fingerprint density at radius 3 is 2.54 bits per heavy atom. The largest absolute Gasteiger partial charge is 0.336 e. The van der Waals surface area contributed by atoms with Gasteiger partial charge in [0.05, 0.1) is 32.8 Å².